The van der Waals surface area contributed by atoms with E-state index < -0.39 is 0 Å². The van der Waals surface area contributed by atoms with Crippen LogP contribution in [0.25, 0.3) is 0 Å². The van der Waals surface area contributed by atoms with Crippen molar-refractivity contribution in [2.75, 3.05) is 32.7 Å². The van der Waals surface area contributed by atoms with Gasteiger partial charge in [-0.3, -0.25) is 4.79 Å². The summed E-state index contributed by atoms with van der Waals surface area (Å²) in [5, 5.41) is 36.9. The summed E-state index contributed by atoms with van der Waals surface area (Å²) in [6, 6.07) is 0. The monoisotopic (exact) mass is 674 g/mol. The van der Waals surface area contributed by atoms with Crippen molar-refractivity contribution in [2.24, 2.45) is 46.3 Å². The van der Waals surface area contributed by atoms with Crippen LogP contribution in [0.5, 0.6) is 0 Å². The molecule has 7 heteroatoms. The predicted molar refractivity (Wildman–Crippen MR) is 155 cm³/mol. The molecule has 11 atom stereocenters. The number of halogens is 1. The van der Waals surface area contributed by atoms with Gasteiger partial charge >= 0.3 is 0 Å². The van der Waals surface area contributed by atoms with Crippen LogP contribution >= 0.6 is 0 Å². The Bertz CT molecular complexity index is 867. The number of quaternary nitrogens is 1. The Morgan fingerprint density at radius 2 is 1.73 bits per heavy atom. The van der Waals surface area contributed by atoms with Gasteiger partial charge in [-0.25, -0.2) is 0 Å². The molecule has 0 unspecified atom stereocenters. The SMILES string of the molecule is CCC[N+]1(CCNC(=O)CC[C@@H](C)[C@H]2CC[C@H]3[C@@H]4[C@H](O)C[C@@H]5C[C@H](O)CC[C@]5(C)[C@H]4C[C@H](O)[C@]23C)CCCC1.[I-]. The first-order valence-corrected chi connectivity index (χ1v) is 16.7. The van der Waals surface area contributed by atoms with Gasteiger partial charge in [-0.15, -0.1) is 0 Å². The molecule has 1 aliphatic heterocycles. The third kappa shape index (κ3) is 5.90. The van der Waals surface area contributed by atoms with Crippen molar-refractivity contribution < 1.29 is 48.6 Å². The van der Waals surface area contributed by atoms with E-state index in [0.717, 1.165) is 64.5 Å². The van der Waals surface area contributed by atoms with Gasteiger partial charge in [0.1, 0.15) is 0 Å². The number of aliphatic hydroxyl groups is 3. The molecule has 40 heavy (non-hydrogen) atoms. The summed E-state index contributed by atoms with van der Waals surface area (Å²) >= 11 is 0. The number of likely N-dealkylation sites (tertiary alicyclic amines) is 1. The number of fused-ring (bicyclic) bond motifs is 5. The molecule has 4 saturated carbocycles. The maximum Gasteiger partial charge on any atom is 0.220 e. The number of amides is 1. The van der Waals surface area contributed by atoms with E-state index in [0.29, 0.717) is 36.0 Å². The molecule has 0 aromatic carbocycles. The van der Waals surface area contributed by atoms with E-state index in [1.54, 1.807) is 0 Å². The van der Waals surface area contributed by atoms with Gasteiger partial charge in [-0.2, -0.15) is 0 Å². The summed E-state index contributed by atoms with van der Waals surface area (Å²) in [4.78, 5) is 12.8. The largest absolute Gasteiger partial charge is 1.00 e. The van der Waals surface area contributed by atoms with Crippen molar-refractivity contribution in [3.63, 3.8) is 0 Å². The Morgan fingerprint density at radius 1 is 1.00 bits per heavy atom. The highest BCUT2D eigenvalue weighted by atomic mass is 127. The van der Waals surface area contributed by atoms with E-state index in [2.05, 4.69) is 33.0 Å². The van der Waals surface area contributed by atoms with Crippen LogP contribution in [0.4, 0.5) is 0 Å². The standard InChI is InChI=1S/C33H58N2O4.HI/c1-5-15-35(16-6-7-17-35)18-14-34-30(39)11-8-22(2)25-9-10-26-31-27(21-29(38)33(25,26)4)32(3)13-12-24(36)19-23(32)20-28(31)37;/h22-29,31,36-38H,5-21H2,1-4H3;1H/t22-,23+,24-,25-,26+,27+,28-,29+,31+,32+,33-;/m1./s1. The van der Waals surface area contributed by atoms with Gasteiger partial charge in [0.2, 0.25) is 5.91 Å². The molecular formula is C33H59IN2O4. The van der Waals surface area contributed by atoms with Crippen molar-refractivity contribution in [3.8, 4) is 0 Å². The Labute approximate surface area is 261 Å². The molecule has 0 spiro atoms. The molecule has 0 bridgehead atoms. The number of carbonyl (C=O) groups is 1. The van der Waals surface area contributed by atoms with Crippen molar-refractivity contribution in [3.05, 3.63) is 0 Å². The van der Waals surface area contributed by atoms with Crippen molar-refractivity contribution in [1.29, 1.82) is 0 Å². The van der Waals surface area contributed by atoms with Crippen LogP contribution in [0.1, 0.15) is 105 Å². The molecule has 0 aromatic rings. The second-order valence-corrected chi connectivity index (χ2v) is 15.3. The molecule has 5 fully saturated rings. The minimum absolute atomic E-state index is 0. The van der Waals surface area contributed by atoms with Crippen molar-refractivity contribution in [2.45, 2.75) is 123 Å². The van der Waals surface area contributed by atoms with Crippen LogP contribution in [-0.2, 0) is 4.79 Å². The number of hydrogen-bond acceptors (Lipinski definition) is 4. The van der Waals surface area contributed by atoms with Gasteiger partial charge in [0, 0.05) is 19.3 Å². The summed E-state index contributed by atoms with van der Waals surface area (Å²) in [7, 11) is 0. The van der Waals surface area contributed by atoms with Crippen LogP contribution in [0.3, 0.4) is 0 Å². The Kier molecular flexibility index (Phi) is 10.7. The van der Waals surface area contributed by atoms with Crippen LogP contribution < -0.4 is 29.3 Å². The van der Waals surface area contributed by atoms with Gasteiger partial charge in [0.05, 0.1) is 51.0 Å². The molecule has 4 N–H and O–H groups in total. The molecular weight excluding hydrogens is 615 g/mol. The lowest BCUT2D eigenvalue weighted by Gasteiger charge is -2.63. The van der Waals surface area contributed by atoms with Gasteiger partial charge < -0.3 is 49.1 Å². The molecule has 1 saturated heterocycles. The number of rotatable bonds is 9. The zero-order valence-corrected chi connectivity index (χ0v) is 27.9. The van der Waals surface area contributed by atoms with Crippen LogP contribution in [0.2, 0.25) is 0 Å². The Morgan fingerprint density at radius 3 is 2.42 bits per heavy atom. The second kappa shape index (κ2) is 13.0. The van der Waals surface area contributed by atoms with Crippen molar-refractivity contribution in [1.82, 2.24) is 5.32 Å². The smallest absolute Gasteiger partial charge is 0.220 e. The normalized spacial score (nSPS) is 44.6. The highest BCUT2D eigenvalue weighted by Gasteiger charge is 2.65. The zero-order valence-electron chi connectivity index (χ0n) is 25.8. The molecule has 0 aromatic heterocycles. The first-order valence-electron chi connectivity index (χ1n) is 16.7. The van der Waals surface area contributed by atoms with E-state index in [-0.39, 0.29) is 64.9 Å². The maximum absolute atomic E-state index is 12.8. The lowest BCUT2D eigenvalue weighted by Crippen LogP contribution is -3.00. The molecule has 4 aliphatic carbocycles. The number of hydrogen-bond donors (Lipinski definition) is 4. The zero-order chi connectivity index (χ0) is 28.0. The van der Waals surface area contributed by atoms with E-state index in [1.165, 1.54) is 43.4 Å². The number of aliphatic hydroxyl groups excluding tert-OH is 3. The molecule has 6 nitrogen and oxygen atoms in total. The van der Waals surface area contributed by atoms with Gasteiger partial charge in [-0.1, -0.05) is 27.7 Å². The molecule has 0 radical (unpaired) electrons. The predicted octanol–water partition coefficient (Wildman–Crippen LogP) is 1.50. The van der Waals surface area contributed by atoms with Crippen LogP contribution in [0, 0.1) is 46.3 Å². The maximum atomic E-state index is 12.8. The van der Waals surface area contributed by atoms with Crippen LogP contribution in [0.15, 0.2) is 0 Å². The Balaban J connectivity index is 0.00000370. The average Bonchev–Trinajstić information content (AvgIpc) is 3.50. The number of carbonyl (C=O) groups excluding carboxylic acids is 1. The minimum Gasteiger partial charge on any atom is -1.00 e. The minimum atomic E-state index is -0.360. The van der Waals surface area contributed by atoms with Gasteiger partial charge in [0.15, 0.2) is 0 Å². The summed E-state index contributed by atoms with van der Waals surface area (Å²) in [6.07, 6.45) is 10.8. The summed E-state index contributed by atoms with van der Waals surface area (Å²) in [5.41, 5.74) is -0.0813. The highest BCUT2D eigenvalue weighted by molar-refractivity contribution is 5.75. The third-order valence-electron chi connectivity index (χ3n) is 13.5. The number of nitrogens with zero attached hydrogens (tertiary/aromatic N) is 1. The first kappa shape index (κ1) is 32.9. The fourth-order valence-electron chi connectivity index (χ4n) is 11.3. The lowest BCUT2D eigenvalue weighted by molar-refractivity contribution is -0.915. The molecule has 232 valence electrons. The second-order valence-electron chi connectivity index (χ2n) is 15.3. The summed E-state index contributed by atoms with van der Waals surface area (Å²) in [5.74, 6) is 2.23. The molecule has 5 aliphatic rings. The van der Waals surface area contributed by atoms with E-state index >= 15 is 0 Å². The average molecular weight is 675 g/mol. The van der Waals surface area contributed by atoms with E-state index in [1.807, 2.05) is 0 Å². The van der Waals surface area contributed by atoms with Crippen molar-refractivity contribution >= 4 is 5.91 Å². The topological polar surface area (TPSA) is 89.8 Å². The molecule has 1 heterocycles. The highest BCUT2D eigenvalue weighted by Crippen LogP contribution is 2.68. The first-order chi connectivity index (χ1) is 18.5. The van der Waals surface area contributed by atoms with Crippen LogP contribution in [-0.4, -0.2) is 76.7 Å². The van der Waals surface area contributed by atoms with Gasteiger partial charge in [-0.05, 0) is 104 Å². The molecule has 1 amide bonds. The lowest BCUT2D eigenvalue weighted by atomic mass is 9.43. The van der Waals surface area contributed by atoms with Gasteiger partial charge in [0.25, 0.3) is 0 Å². The summed E-state index contributed by atoms with van der Waals surface area (Å²) in [6.45, 7) is 14.9. The third-order valence-corrected chi connectivity index (χ3v) is 13.5. The summed E-state index contributed by atoms with van der Waals surface area (Å²) < 4.78 is 1.18. The molecule has 5 rings (SSSR count). The fourth-order valence-corrected chi connectivity index (χ4v) is 11.3. The number of nitrogens with one attached hydrogen (secondary N) is 1. The Hall–Kier alpha value is 0.0400. The van der Waals surface area contributed by atoms with E-state index in [9.17, 15) is 20.1 Å². The quantitative estimate of drug-likeness (QED) is 0.221. The van der Waals surface area contributed by atoms with E-state index in [4.69, 9.17) is 0 Å². The fraction of sp³-hybridized carbons (Fsp3) is 0.970.